The first-order chi connectivity index (χ1) is 15.1. The minimum absolute atomic E-state index is 0.0379. The van der Waals surface area contributed by atoms with Crippen molar-refractivity contribution in [3.8, 4) is 11.5 Å². The zero-order valence-electron chi connectivity index (χ0n) is 17.4. The number of H-pyrrole nitrogens is 1. The molecule has 0 radical (unpaired) electrons. The van der Waals surface area contributed by atoms with Gasteiger partial charge < -0.3 is 14.5 Å². The molecule has 8 nitrogen and oxygen atoms in total. The van der Waals surface area contributed by atoms with Crippen LogP contribution in [0.25, 0.3) is 17.2 Å². The Morgan fingerprint density at radius 3 is 2.68 bits per heavy atom. The number of carbonyl (C=O) groups excluding carboxylic acids is 1. The Bertz CT molecular complexity index is 1270. The van der Waals surface area contributed by atoms with Crippen molar-refractivity contribution in [1.82, 2.24) is 29.0 Å². The Kier molecular flexibility index (Phi) is 4.89. The van der Waals surface area contributed by atoms with Gasteiger partial charge in [0.2, 0.25) is 5.56 Å². The molecule has 0 aliphatic carbocycles. The predicted molar refractivity (Wildman–Crippen MR) is 117 cm³/mol. The Hall–Kier alpha value is -3.68. The number of hydrogen-bond acceptors (Lipinski definition) is 4. The van der Waals surface area contributed by atoms with Crippen molar-refractivity contribution < 1.29 is 4.79 Å². The number of pyridine rings is 2. The highest BCUT2D eigenvalue weighted by molar-refractivity contribution is 5.94. The number of piperidine rings is 1. The van der Waals surface area contributed by atoms with Gasteiger partial charge in [0.05, 0.1) is 11.3 Å². The highest BCUT2D eigenvalue weighted by Gasteiger charge is 2.24. The third-order valence-electron chi connectivity index (χ3n) is 6.10. The van der Waals surface area contributed by atoms with E-state index in [0.717, 1.165) is 49.4 Å². The second kappa shape index (κ2) is 7.86. The summed E-state index contributed by atoms with van der Waals surface area (Å²) in [5.41, 5.74) is 3.36. The maximum atomic E-state index is 13.2. The van der Waals surface area contributed by atoms with Gasteiger partial charge >= 0.3 is 0 Å². The van der Waals surface area contributed by atoms with Crippen molar-refractivity contribution in [2.45, 2.75) is 19.3 Å². The molecule has 1 fully saturated rings. The monoisotopic (exact) mass is 416 g/mol. The SMILES string of the molecule is Cn1cccc1-c1nnc2ccc(C(=O)N3CCC(Cc4ccc(=O)[nH]c4)CC3)cn12. The predicted octanol–water partition coefficient (Wildman–Crippen LogP) is 2.52. The number of aromatic amines is 1. The molecular formula is C23H24N6O2. The van der Waals surface area contributed by atoms with E-state index in [-0.39, 0.29) is 11.5 Å². The smallest absolute Gasteiger partial charge is 0.255 e. The third kappa shape index (κ3) is 3.76. The van der Waals surface area contributed by atoms with Gasteiger partial charge in [0.25, 0.3) is 5.91 Å². The van der Waals surface area contributed by atoms with Crippen molar-refractivity contribution in [3.63, 3.8) is 0 Å². The van der Waals surface area contributed by atoms with Crippen LogP contribution < -0.4 is 5.56 Å². The van der Waals surface area contributed by atoms with Gasteiger partial charge in [-0.05, 0) is 55.0 Å². The van der Waals surface area contributed by atoms with Crippen LogP contribution in [0.1, 0.15) is 28.8 Å². The summed E-state index contributed by atoms with van der Waals surface area (Å²) in [6.07, 6.45) is 8.42. The summed E-state index contributed by atoms with van der Waals surface area (Å²) in [6, 6.07) is 11.1. The van der Waals surface area contributed by atoms with Gasteiger partial charge in [0.15, 0.2) is 11.5 Å². The first kappa shape index (κ1) is 19.3. The van der Waals surface area contributed by atoms with Gasteiger partial charge in [-0.2, -0.15) is 0 Å². The summed E-state index contributed by atoms with van der Waals surface area (Å²) in [6.45, 7) is 1.47. The van der Waals surface area contributed by atoms with E-state index in [1.54, 1.807) is 12.3 Å². The van der Waals surface area contributed by atoms with Crippen LogP contribution in [0.3, 0.4) is 0 Å². The lowest BCUT2D eigenvalue weighted by atomic mass is 9.90. The normalized spacial score (nSPS) is 14.9. The lowest BCUT2D eigenvalue weighted by Crippen LogP contribution is -2.39. The fraction of sp³-hybridized carbons (Fsp3) is 0.304. The van der Waals surface area contributed by atoms with Crippen LogP contribution in [0, 0.1) is 5.92 Å². The largest absolute Gasteiger partial charge is 0.348 e. The Morgan fingerprint density at radius 1 is 1.13 bits per heavy atom. The van der Waals surface area contributed by atoms with Crippen LogP contribution >= 0.6 is 0 Å². The zero-order chi connectivity index (χ0) is 21.4. The minimum atomic E-state index is -0.0792. The van der Waals surface area contributed by atoms with Crippen LogP contribution in [0.4, 0.5) is 0 Å². The average Bonchev–Trinajstić information content (AvgIpc) is 3.40. The molecule has 158 valence electrons. The molecule has 0 aromatic carbocycles. The van der Waals surface area contributed by atoms with E-state index >= 15 is 0 Å². The second-order valence-electron chi connectivity index (χ2n) is 8.17. The van der Waals surface area contributed by atoms with E-state index in [1.807, 2.05) is 63.6 Å². The first-order valence-corrected chi connectivity index (χ1v) is 10.5. The number of likely N-dealkylation sites (tertiary alicyclic amines) is 1. The molecular weight excluding hydrogens is 392 g/mol. The maximum absolute atomic E-state index is 13.2. The number of fused-ring (bicyclic) bond motifs is 1. The van der Waals surface area contributed by atoms with Gasteiger partial charge in [0, 0.05) is 44.8 Å². The summed E-state index contributed by atoms with van der Waals surface area (Å²) < 4.78 is 3.86. The third-order valence-corrected chi connectivity index (χ3v) is 6.10. The van der Waals surface area contributed by atoms with Gasteiger partial charge in [-0.3, -0.25) is 14.0 Å². The van der Waals surface area contributed by atoms with E-state index in [1.165, 1.54) is 0 Å². The number of rotatable bonds is 4. The fourth-order valence-corrected chi connectivity index (χ4v) is 4.31. The zero-order valence-corrected chi connectivity index (χ0v) is 17.4. The van der Waals surface area contributed by atoms with E-state index in [4.69, 9.17) is 0 Å². The van der Waals surface area contributed by atoms with Crippen LogP contribution in [-0.2, 0) is 13.5 Å². The molecule has 1 amide bonds. The average molecular weight is 416 g/mol. The van der Waals surface area contributed by atoms with Gasteiger partial charge in [0.1, 0.15) is 0 Å². The van der Waals surface area contributed by atoms with Gasteiger partial charge in [-0.15, -0.1) is 10.2 Å². The molecule has 8 heteroatoms. The van der Waals surface area contributed by atoms with Crippen molar-refractivity contribution >= 4 is 11.6 Å². The fourth-order valence-electron chi connectivity index (χ4n) is 4.31. The van der Waals surface area contributed by atoms with Crippen molar-refractivity contribution in [3.05, 3.63) is 76.5 Å². The number of carbonyl (C=O) groups is 1. The van der Waals surface area contributed by atoms with E-state index in [2.05, 4.69) is 15.2 Å². The minimum Gasteiger partial charge on any atom is -0.348 e. The van der Waals surface area contributed by atoms with Crippen molar-refractivity contribution in [2.75, 3.05) is 13.1 Å². The van der Waals surface area contributed by atoms with Crippen molar-refractivity contribution in [1.29, 1.82) is 0 Å². The summed E-state index contributed by atoms with van der Waals surface area (Å²) in [7, 11) is 1.96. The molecule has 31 heavy (non-hydrogen) atoms. The summed E-state index contributed by atoms with van der Waals surface area (Å²) in [5, 5.41) is 8.55. The molecule has 4 aromatic heterocycles. The first-order valence-electron chi connectivity index (χ1n) is 10.5. The van der Waals surface area contributed by atoms with E-state index in [9.17, 15) is 9.59 Å². The molecule has 5 heterocycles. The van der Waals surface area contributed by atoms with E-state index in [0.29, 0.717) is 17.1 Å². The van der Waals surface area contributed by atoms with Crippen LogP contribution in [-0.4, -0.2) is 48.0 Å². The molecule has 0 atom stereocenters. The second-order valence-corrected chi connectivity index (χ2v) is 8.17. The van der Waals surface area contributed by atoms with E-state index < -0.39 is 0 Å². The van der Waals surface area contributed by atoms with Crippen LogP contribution in [0.15, 0.2) is 59.8 Å². The molecule has 1 N–H and O–H groups in total. The Balaban J connectivity index is 1.30. The lowest BCUT2D eigenvalue weighted by molar-refractivity contribution is 0.0690. The number of aromatic nitrogens is 5. The van der Waals surface area contributed by atoms with Crippen LogP contribution in [0.2, 0.25) is 0 Å². The molecule has 1 aliphatic heterocycles. The van der Waals surface area contributed by atoms with Crippen molar-refractivity contribution in [2.24, 2.45) is 13.0 Å². The summed E-state index contributed by atoms with van der Waals surface area (Å²) >= 11 is 0. The highest BCUT2D eigenvalue weighted by atomic mass is 16.2. The highest BCUT2D eigenvalue weighted by Crippen LogP contribution is 2.24. The number of nitrogens with one attached hydrogen (secondary N) is 1. The molecule has 0 spiro atoms. The molecule has 0 saturated carbocycles. The molecule has 1 aliphatic rings. The standard InChI is InChI=1S/C23H24N6O2/c1-27-10-2-3-19(27)22-26-25-20-6-5-18(15-29(20)22)23(31)28-11-8-16(9-12-28)13-17-4-7-21(30)24-14-17/h2-7,10,14-16H,8-9,11-13H2,1H3,(H,24,30). The number of amides is 1. The number of nitrogens with zero attached hydrogens (tertiary/aromatic N) is 5. The van der Waals surface area contributed by atoms with Gasteiger partial charge in [-0.25, -0.2) is 0 Å². The Morgan fingerprint density at radius 2 is 1.97 bits per heavy atom. The maximum Gasteiger partial charge on any atom is 0.255 e. The van der Waals surface area contributed by atoms with Gasteiger partial charge in [-0.1, -0.05) is 6.07 Å². The topological polar surface area (TPSA) is 88.3 Å². The Labute approximate surface area is 179 Å². The molecule has 4 aromatic rings. The molecule has 0 unspecified atom stereocenters. The number of aryl methyl sites for hydroxylation is 1. The molecule has 1 saturated heterocycles. The summed E-state index contributed by atoms with van der Waals surface area (Å²) in [5.74, 6) is 1.27. The lowest BCUT2D eigenvalue weighted by Gasteiger charge is -2.32. The quantitative estimate of drug-likeness (QED) is 0.554. The number of hydrogen-bond donors (Lipinski definition) is 1. The van der Waals surface area contributed by atoms with Crippen LogP contribution in [0.5, 0.6) is 0 Å². The molecule has 5 rings (SSSR count). The summed E-state index contributed by atoms with van der Waals surface area (Å²) in [4.78, 5) is 29.0. The molecule has 0 bridgehead atoms.